The fourth-order valence-electron chi connectivity index (χ4n) is 1.85. The molecule has 0 N–H and O–H groups in total. The van der Waals surface area contributed by atoms with Crippen molar-refractivity contribution in [3.63, 3.8) is 0 Å². The lowest BCUT2D eigenvalue weighted by Gasteiger charge is -2.24. The van der Waals surface area contributed by atoms with Crippen molar-refractivity contribution in [1.82, 2.24) is 0 Å². The molecule has 3 unspecified atom stereocenters. The van der Waals surface area contributed by atoms with Gasteiger partial charge in [-0.3, -0.25) is 0 Å². The quantitative estimate of drug-likeness (QED) is 0.471. The fraction of sp³-hybridized carbons (Fsp3) is 0.429. The summed E-state index contributed by atoms with van der Waals surface area (Å²) in [5, 5.41) is 0. The van der Waals surface area contributed by atoms with E-state index in [1.54, 1.807) is 0 Å². The molecule has 1 heterocycles. The molecule has 0 spiro atoms. The lowest BCUT2D eigenvalue weighted by Crippen LogP contribution is -2.29. The van der Waals surface area contributed by atoms with Crippen LogP contribution in [-0.4, -0.2) is 23.4 Å². The van der Waals surface area contributed by atoms with E-state index in [1.807, 2.05) is 37.3 Å². The van der Waals surface area contributed by atoms with Gasteiger partial charge in [0.1, 0.15) is 16.8 Å². The Balaban J connectivity index is 2.01. The van der Waals surface area contributed by atoms with Crippen molar-refractivity contribution in [2.45, 2.75) is 22.9 Å². The van der Waals surface area contributed by atoms with E-state index in [0.717, 1.165) is 5.56 Å². The summed E-state index contributed by atoms with van der Waals surface area (Å²) < 4.78 is 17.1. The first-order valence-corrected chi connectivity index (χ1v) is 6.97. The molecule has 1 aliphatic heterocycles. The number of terminal acetylenes is 1. The Kier molecular flexibility index (Phi) is 4.62. The molecule has 1 aromatic rings. The molecule has 0 saturated carbocycles. The van der Waals surface area contributed by atoms with Crippen LogP contribution < -0.4 is 0 Å². The van der Waals surface area contributed by atoms with Crippen molar-refractivity contribution in [3.05, 3.63) is 35.9 Å². The highest BCUT2D eigenvalue weighted by Gasteiger charge is 2.41. The molecule has 0 aromatic heterocycles. The van der Waals surface area contributed by atoms with Crippen LogP contribution in [0, 0.1) is 12.3 Å². The maximum absolute atomic E-state index is 5.97. The number of hydrogen-bond donors (Lipinski definition) is 0. The largest absolute Gasteiger partial charge is 0.352 e. The second kappa shape index (κ2) is 6.02. The first-order valence-electron chi connectivity index (χ1n) is 5.72. The molecule has 1 saturated heterocycles. The summed E-state index contributed by atoms with van der Waals surface area (Å²) in [6.07, 6.45) is 5.06. The van der Waals surface area contributed by atoms with Crippen LogP contribution in [0.3, 0.4) is 0 Å². The normalized spacial score (nSPS) is 28.8. The Morgan fingerprint density at radius 2 is 2.28 bits per heavy atom. The predicted octanol–water partition coefficient (Wildman–Crippen LogP) is 2.69. The summed E-state index contributed by atoms with van der Waals surface area (Å²) in [6, 6.07) is 9.89. The second-order valence-electron chi connectivity index (χ2n) is 4.15. The maximum atomic E-state index is 5.97. The summed E-state index contributed by atoms with van der Waals surface area (Å²) in [4.78, 5) is 0. The van der Waals surface area contributed by atoms with Gasteiger partial charge in [0.15, 0.2) is 5.79 Å². The minimum atomic E-state index is -0.700. The van der Waals surface area contributed by atoms with Gasteiger partial charge < -0.3 is 14.2 Å². The third kappa shape index (κ3) is 3.04. The van der Waals surface area contributed by atoms with Crippen LogP contribution >= 0.6 is 22.6 Å². The summed E-state index contributed by atoms with van der Waals surface area (Å²) in [7, 11) is 0. The van der Waals surface area contributed by atoms with Crippen LogP contribution in [0.2, 0.25) is 0 Å². The zero-order valence-electron chi connectivity index (χ0n) is 10.1. The van der Waals surface area contributed by atoms with Crippen molar-refractivity contribution >= 4 is 22.6 Å². The van der Waals surface area contributed by atoms with E-state index in [2.05, 4.69) is 28.5 Å². The van der Waals surface area contributed by atoms with Gasteiger partial charge in [0, 0.05) is 5.56 Å². The zero-order chi connectivity index (χ0) is 13.0. The van der Waals surface area contributed by atoms with Crippen molar-refractivity contribution in [2.24, 2.45) is 0 Å². The topological polar surface area (TPSA) is 27.7 Å². The standard InChI is InChI=1S/C14H15IO3/c1-3-9-16-13(15)12-10-17-14(2,18-12)11-7-5-4-6-8-11/h1,4-8,12-13H,9-10H2,2H3. The number of rotatable bonds is 4. The Morgan fingerprint density at radius 3 is 2.94 bits per heavy atom. The molecule has 0 radical (unpaired) electrons. The minimum absolute atomic E-state index is 0.107. The van der Waals surface area contributed by atoms with Crippen molar-refractivity contribution in [3.8, 4) is 12.3 Å². The fourth-order valence-corrected chi connectivity index (χ4v) is 2.39. The Bertz CT molecular complexity index is 428. The van der Waals surface area contributed by atoms with E-state index in [9.17, 15) is 0 Å². The van der Waals surface area contributed by atoms with E-state index in [0.29, 0.717) is 6.61 Å². The van der Waals surface area contributed by atoms with Crippen LogP contribution in [0.4, 0.5) is 0 Å². The van der Waals surface area contributed by atoms with Crippen molar-refractivity contribution in [1.29, 1.82) is 0 Å². The smallest absolute Gasteiger partial charge is 0.192 e. The molecule has 0 amide bonds. The van der Waals surface area contributed by atoms with Gasteiger partial charge in [0.05, 0.1) is 6.61 Å². The lowest BCUT2D eigenvalue weighted by molar-refractivity contribution is -0.168. The molecular formula is C14H15IO3. The summed E-state index contributed by atoms with van der Waals surface area (Å²) in [6.45, 7) is 2.71. The van der Waals surface area contributed by atoms with Gasteiger partial charge in [0.2, 0.25) is 0 Å². The van der Waals surface area contributed by atoms with Crippen LogP contribution in [0.5, 0.6) is 0 Å². The number of hydrogen-bond acceptors (Lipinski definition) is 3. The zero-order valence-corrected chi connectivity index (χ0v) is 12.3. The van der Waals surface area contributed by atoms with Crippen LogP contribution in [0.1, 0.15) is 12.5 Å². The van der Waals surface area contributed by atoms with E-state index in [1.165, 1.54) is 0 Å². The van der Waals surface area contributed by atoms with Gasteiger partial charge >= 0.3 is 0 Å². The Morgan fingerprint density at radius 1 is 1.56 bits per heavy atom. The second-order valence-corrected chi connectivity index (χ2v) is 5.37. The van der Waals surface area contributed by atoms with E-state index in [4.69, 9.17) is 20.6 Å². The molecule has 1 fully saturated rings. The van der Waals surface area contributed by atoms with Crippen LogP contribution in [-0.2, 0) is 20.0 Å². The molecule has 96 valence electrons. The first-order chi connectivity index (χ1) is 8.65. The molecular weight excluding hydrogens is 343 g/mol. The molecule has 3 nitrogen and oxygen atoms in total. The third-order valence-corrected chi connectivity index (χ3v) is 3.98. The predicted molar refractivity (Wildman–Crippen MR) is 77.2 cm³/mol. The summed E-state index contributed by atoms with van der Waals surface area (Å²) in [5.41, 5.74) is 1.01. The van der Waals surface area contributed by atoms with Gasteiger partial charge in [-0.2, -0.15) is 0 Å². The average Bonchev–Trinajstić information content (AvgIpc) is 2.81. The molecule has 18 heavy (non-hydrogen) atoms. The summed E-state index contributed by atoms with van der Waals surface area (Å²) >= 11 is 2.18. The van der Waals surface area contributed by atoms with E-state index >= 15 is 0 Å². The van der Waals surface area contributed by atoms with Gasteiger partial charge in [-0.05, 0) is 29.5 Å². The number of benzene rings is 1. The SMILES string of the molecule is C#CCOC(I)C1COC(C)(c2ccccc2)O1. The monoisotopic (exact) mass is 358 g/mol. The number of halogens is 1. The highest BCUT2D eigenvalue weighted by atomic mass is 127. The molecule has 4 heteroatoms. The Hall–Kier alpha value is -0.610. The van der Waals surface area contributed by atoms with E-state index in [-0.39, 0.29) is 16.8 Å². The molecule has 0 bridgehead atoms. The average molecular weight is 358 g/mol. The molecule has 3 atom stereocenters. The Labute approximate surface area is 121 Å². The molecule has 1 aromatic carbocycles. The van der Waals surface area contributed by atoms with Crippen molar-refractivity contribution < 1.29 is 14.2 Å². The molecule has 1 aliphatic rings. The van der Waals surface area contributed by atoms with Gasteiger partial charge in [0.25, 0.3) is 0 Å². The highest BCUT2D eigenvalue weighted by molar-refractivity contribution is 14.1. The van der Waals surface area contributed by atoms with Crippen molar-refractivity contribution in [2.75, 3.05) is 13.2 Å². The van der Waals surface area contributed by atoms with Crippen LogP contribution in [0.15, 0.2) is 30.3 Å². The maximum Gasteiger partial charge on any atom is 0.192 e. The molecule has 0 aliphatic carbocycles. The first kappa shape index (κ1) is 13.8. The van der Waals surface area contributed by atoms with Gasteiger partial charge in [-0.25, -0.2) is 0 Å². The molecule has 2 rings (SSSR count). The number of alkyl halides is 1. The van der Waals surface area contributed by atoms with E-state index < -0.39 is 5.79 Å². The highest BCUT2D eigenvalue weighted by Crippen LogP contribution is 2.36. The van der Waals surface area contributed by atoms with Gasteiger partial charge in [-0.15, -0.1) is 6.42 Å². The lowest BCUT2D eigenvalue weighted by atomic mass is 10.1. The van der Waals surface area contributed by atoms with Gasteiger partial charge in [-0.1, -0.05) is 36.3 Å². The minimum Gasteiger partial charge on any atom is -0.352 e. The third-order valence-electron chi connectivity index (χ3n) is 2.82. The number of ether oxygens (including phenoxy) is 3. The summed E-state index contributed by atoms with van der Waals surface area (Å²) in [5.74, 6) is 1.75. The van der Waals surface area contributed by atoms with Crippen LogP contribution in [0.25, 0.3) is 0 Å².